The van der Waals surface area contributed by atoms with Crippen molar-refractivity contribution in [2.24, 2.45) is 5.92 Å². The van der Waals surface area contributed by atoms with Gasteiger partial charge in [0.2, 0.25) is 10.0 Å². The lowest BCUT2D eigenvalue weighted by Gasteiger charge is -2.30. The summed E-state index contributed by atoms with van der Waals surface area (Å²) in [6.45, 7) is 5.19. The Bertz CT molecular complexity index is 884. The highest BCUT2D eigenvalue weighted by molar-refractivity contribution is 7.89. The molecule has 0 saturated carbocycles. The summed E-state index contributed by atoms with van der Waals surface area (Å²) < 4.78 is 32.2. The van der Waals surface area contributed by atoms with Crippen LogP contribution in [0.25, 0.3) is 0 Å². The fourth-order valence-electron chi connectivity index (χ4n) is 3.34. The van der Waals surface area contributed by atoms with Gasteiger partial charge in [-0.3, -0.25) is 4.79 Å². The van der Waals surface area contributed by atoms with E-state index >= 15 is 0 Å². The Hall–Kier alpha value is -2.18. The molecule has 3 rings (SSSR count). The van der Waals surface area contributed by atoms with Crippen molar-refractivity contribution in [3.63, 3.8) is 0 Å². The van der Waals surface area contributed by atoms with Crippen LogP contribution in [0.5, 0.6) is 0 Å². The fraction of sp³-hybridized carbons (Fsp3) is 0.409. The van der Waals surface area contributed by atoms with E-state index in [0.717, 1.165) is 5.56 Å². The summed E-state index contributed by atoms with van der Waals surface area (Å²) in [6.07, 6.45) is 0.967. The second-order valence-electron chi connectivity index (χ2n) is 7.50. The topological polar surface area (TPSA) is 63.7 Å². The van der Waals surface area contributed by atoms with E-state index in [2.05, 4.69) is 26.0 Å². The normalized spacial score (nSPS) is 16.2. The average Bonchev–Trinajstić information content (AvgIpc) is 2.73. The summed E-state index contributed by atoms with van der Waals surface area (Å²) in [5.41, 5.74) is 2.21. The van der Waals surface area contributed by atoms with E-state index < -0.39 is 10.0 Å². The monoisotopic (exact) mass is 401 g/mol. The number of sulfonamides is 1. The predicted octanol–water partition coefficient (Wildman–Crippen LogP) is 3.95. The van der Waals surface area contributed by atoms with Crippen molar-refractivity contribution in [1.29, 1.82) is 0 Å². The number of hydrogen-bond acceptors (Lipinski definition) is 4. The van der Waals surface area contributed by atoms with Gasteiger partial charge in [0.25, 0.3) is 0 Å². The molecule has 0 aromatic heterocycles. The molecule has 28 heavy (non-hydrogen) atoms. The first kappa shape index (κ1) is 20.6. The van der Waals surface area contributed by atoms with Crippen molar-refractivity contribution >= 4 is 16.0 Å². The highest BCUT2D eigenvalue weighted by Crippen LogP contribution is 2.25. The Morgan fingerprint density at radius 1 is 1.04 bits per heavy atom. The lowest BCUT2D eigenvalue weighted by atomic mass is 9.98. The molecule has 0 N–H and O–H groups in total. The molecule has 1 heterocycles. The molecule has 0 radical (unpaired) electrons. The second kappa shape index (κ2) is 8.88. The molecule has 0 atom stereocenters. The van der Waals surface area contributed by atoms with Crippen molar-refractivity contribution in [3.8, 4) is 0 Å². The van der Waals surface area contributed by atoms with Gasteiger partial charge in [-0.25, -0.2) is 8.42 Å². The zero-order valence-corrected chi connectivity index (χ0v) is 17.2. The van der Waals surface area contributed by atoms with Gasteiger partial charge in [-0.05, 0) is 42.0 Å². The molecule has 1 aliphatic heterocycles. The quantitative estimate of drug-likeness (QED) is 0.688. The number of esters is 1. The van der Waals surface area contributed by atoms with Gasteiger partial charge < -0.3 is 4.74 Å². The molecule has 0 bridgehead atoms. The predicted molar refractivity (Wildman–Crippen MR) is 108 cm³/mol. The van der Waals surface area contributed by atoms with Crippen LogP contribution < -0.4 is 0 Å². The van der Waals surface area contributed by atoms with Gasteiger partial charge in [0, 0.05) is 13.1 Å². The first-order valence-electron chi connectivity index (χ1n) is 9.68. The van der Waals surface area contributed by atoms with Crippen molar-refractivity contribution in [2.45, 2.75) is 44.1 Å². The minimum atomic E-state index is -3.50. The average molecular weight is 402 g/mol. The van der Waals surface area contributed by atoms with E-state index in [0.29, 0.717) is 36.7 Å². The standard InChI is InChI=1S/C22H27NO4S/c1-17(2)19-10-8-18(9-11-19)16-27-22(24)20-12-14-23(15-13-20)28(25,26)21-6-4-3-5-7-21/h3-11,17,20H,12-16H2,1-2H3. The van der Waals surface area contributed by atoms with Crippen molar-refractivity contribution < 1.29 is 17.9 Å². The second-order valence-corrected chi connectivity index (χ2v) is 9.43. The highest BCUT2D eigenvalue weighted by atomic mass is 32.2. The number of carbonyl (C=O) groups excluding carboxylic acids is 1. The molecule has 0 spiro atoms. The van der Waals surface area contributed by atoms with Gasteiger partial charge >= 0.3 is 5.97 Å². The third-order valence-corrected chi connectivity index (χ3v) is 7.11. The van der Waals surface area contributed by atoms with Crippen LogP contribution in [0.15, 0.2) is 59.5 Å². The summed E-state index contributed by atoms with van der Waals surface area (Å²) in [6, 6.07) is 16.5. The maximum Gasteiger partial charge on any atom is 0.309 e. The molecule has 5 nitrogen and oxygen atoms in total. The number of ether oxygens (including phenoxy) is 1. The molecule has 2 aromatic carbocycles. The third-order valence-electron chi connectivity index (χ3n) is 5.20. The number of rotatable bonds is 6. The molecule has 2 aromatic rings. The lowest BCUT2D eigenvalue weighted by Crippen LogP contribution is -2.40. The molecule has 0 amide bonds. The summed E-state index contributed by atoms with van der Waals surface area (Å²) in [7, 11) is -3.50. The molecule has 1 aliphatic rings. The van der Waals surface area contributed by atoms with Crippen molar-refractivity contribution in [1.82, 2.24) is 4.31 Å². The number of nitrogens with zero attached hydrogens (tertiary/aromatic N) is 1. The maximum absolute atomic E-state index is 12.7. The van der Waals surface area contributed by atoms with Gasteiger partial charge in [0.15, 0.2) is 0 Å². The Balaban J connectivity index is 1.51. The number of hydrogen-bond donors (Lipinski definition) is 0. The Labute approximate surface area is 167 Å². The first-order chi connectivity index (χ1) is 13.4. The Morgan fingerprint density at radius 3 is 2.21 bits per heavy atom. The molecule has 6 heteroatoms. The Kier molecular flexibility index (Phi) is 6.52. The van der Waals surface area contributed by atoms with E-state index in [1.165, 1.54) is 9.87 Å². The van der Waals surface area contributed by atoms with Crippen LogP contribution in [0.2, 0.25) is 0 Å². The summed E-state index contributed by atoms with van der Waals surface area (Å²) >= 11 is 0. The van der Waals surface area contributed by atoms with E-state index in [1.807, 2.05) is 12.1 Å². The third kappa shape index (κ3) is 4.80. The lowest BCUT2D eigenvalue weighted by molar-refractivity contribution is -0.151. The van der Waals surface area contributed by atoms with Gasteiger partial charge in [-0.2, -0.15) is 4.31 Å². The summed E-state index contributed by atoms with van der Waals surface area (Å²) in [4.78, 5) is 12.7. The molecule has 1 saturated heterocycles. The smallest absolute Gasteiger partial charge is 0.309 e. The molecular weight excluding hydrogens is 374 g/mol. The van der Waals surface area contributed by atoms with Crippen LogP contribution in [-0.4, -0.2) is 31.8 Å². The zero-order chi connectivity index (χ0) is 20.1. The van der Waals surface area contributed by atoms with E-state index in [1.54, 1.807) is 30.3 Å². The Morgan fingerprint density at radius 2 is 1.64 bits per heavy atom. The molecule has 150 valence electrons. The highest BCUT2D eigenvalue weighted by Gasteiger charge is 2.32. The van der Waals surface area contributed by atoms with Crippen molar-refractivity contribution in [2.75, 3.05) is 13.1 Å². The minimum Gasteiger partial charge on any atom is -0.461 e. The molecule has 0 unspecified atom stereocenters. The minimum absolute atomic E-state index is 0.246. The van der Waals surface area contributed by atoms with Gasteiger partial charge in [0.1, 0.15) is 6.61 Å². The van der Waals surface area contributed by atoms with Crippen LogP contribution >= 0.6 is 0 Å². The van der Waals surface area contributed by atoms with E-state index in [4.69, 9.17) is 4.74 Å². The number of carbonyl (C=O) groups is 1. The number of benzene rings is 2. The fourth-order valence-corrected chi connectivity index (χ4v) is 4.84. The van der Waals surface area contributed by atoms with Crippen LogP contribution in [0.1, 0.15) is 43.7 Å². The zero-order valence-electron chi connectivity index (χ0n) is 16.4. The van der Waals surface area contributed by atoms with Crippen LogP contribution in [0.4, 0.5) is 0 Å². The van der Waals surface area contributed by atoms with Crippen LogP contribution in [0.3, 0.4) is 0 Å². The van der Waals surface area contributed by atoms with E-state index in [9.17, 15) is 13.2 Å². The van der Waals surface area contributed by atoms with Gasteiger partial charge in [0.05, 0.1) is 10.8 Å². The van der Waals surface area contributed by atoms with Gasteiger partial charge in [-0.1, -0.05) is 56.3 Å². The maximum atomic E-state index is 12.7. The largest absolute Gasteiger partial charge is 0.461 e. The molecular formula is C22H27NO4S. The van der Waals surface area contributed by atoms with Crippen LogP contribution in [0, 0.1) is 5.92 Å². The van der Waals surface area contributed by atoms with Crippen LogP contribution in [-0.2, 0) is 26.2 Å². The molecule has 0 aliphatic carbocycles. The first-order valence-corrected chi connectivity index (χ1v) is 11.1. The van der Waals surface area contributed by atoms with Crippen molar-refractivity contribution in [3.05, 3.63) is 65.7 Å². The van der Waals surface area contributed by atoms with Gasteiger partial charge in [-0.15, -0.1) is 0 Å². The summed E-state index contributed by atoms with van der Waals surface area (Å²) in [5, 5.41) is 0. The summed E-state index contributed by atoms with van der Waals surface area (Å²) in [5.74, 6) is -0.0317. The number of piperidine rings is 1. The van der Waals surface area contributed by atoms with E-state index in [-0.39, 0.29) is 18.5 Å². The molecule has 1 fully saturated rings. The SMILES string of the molecule is CC(C)c1ccc(COC(=O)C2CCN(S(=O)(=O)c3ccccc3)CC2)cc1.